The molecule has 1 aromatic rings. The Hall–Kier alpha value is -1.84. The van der Waals surface area contributed by atoms with Gasteiger partial charge in [0.05, 0.1) is 6.04 Å². The van der Waals surface area contributed by atoms with Crippen molar-refractivity contribution in [2.24, 2.45) is 11.8 Å². The summed E-state index contributed by atoms with van der Waals surface area (Å²) in [7, 11) is 0. The summed E-state index contributed by atoms with van der Waals surface area (Å²) in [6.07, 6.45) is 5.60. The maximum atomic E-state index is 12.2. The van der Waals surface area contributed by atoms with E-state index in [1.807, 2.05) is 0 Å². The summed E-state index contributed by atoms with van der Waals surface area (Å²) in [5.74, 6) is 1.06. The van der Waals surface area contributed by atoms with Gasteiger partial charge in [0.15, 0.2) is 0 Å². The lowest BCUT2D eigenvalue weighted by atomic mass is 10.0. The van der Waals surface area contributed by atoms with Crippen LogP contribution in [0.1, 0.15) is 55.7 Å². The van der Waals surface area contributed by atoms with Gasteiger partial charge in [-0.2, -0.15) is 0 Å². The standard InChI is InChI=1S/C19H26N2O2/c1-13-4-6-14(7-5-13)18(15-8-9-15)21-17(22)3-2-12-20-19(23)16-10-11-16/h4-7,15-16,18H,2-3,8-12H2,1H3,(H,20,23)(H,21,22)/t18-/m1/s1. The van der Waals surface area contributed by atoms with E-state index < -0.39 is 0 Å². The molecular weight excluding hydrogens is 288 g/mol. The molecule has 0 spiro atoms. The molecule has 0 bridgehead atoms. The number of benzene rings is 1. The van der Waals surface area contributed by atoms with Gasteiger partial charge in [0, 0.05) is 18.9 Å². The van der Waals surface area contributed by atoms with Crippen LogP contribution in [0.4, 0.5) is 0 Å². The minimum absolute atomic E-state index is 0.0862. The molecule has 0 heterocycles. The molecule has 2 fully saturated rings. The van der Waals surface area contributed by atoms with Crippen LogP contribution in [0.3, 0.4) is 0 Å². The molecule has 1 aromatic carbocycles. The molecule has 2 N–H and O–H groups in total. The third kappa shape index (κ3) is 4.81. The van der Waals surface area contributed by atoms with E-state index in [1.165, 1.54) is 24.0 Å². The molecule has 23 heavy (non-hydrogen) atoms. The van der Waals surface area contributed by atoms with Gasteiger partial charge in [-0.15, -0.1) is 0 Å². The van der Waals surface area contributed by atoms with Crippen LogP contribution in [0.5, 0.6) is 0 Å². The van der Waals surface area contributed by atoms with Crippen molar-refractivity contribution in [3.63, 3.8) is 0 Å². The smallest absolute Gasteiger partial charge is 0.223 e. The maximum absolute atomic E-state index is 12.2. The summed E-state index contributed by atoms with van der Waals surface area (Å²) in [6.45, 7) is 2.67. The van der Waals surface area contributed by atoms with Crippen LogP contribution in [0, 0.1) is 18.8 Å². The summed E-state index contributed by atoms with van der Waals surface area (Å²) in [5.41, 5.74) is 2.44. The average Bonchev–Trinajstić information content (AvgIpc) is 3.41. The molecule has 2 saturated carbocycles. The van der Waals surface area contributed by atoms with Gasteiger partial charge in [0.25, 0.3) is 0 Å². The average molecular weight is 314 g/mol. The van der Waals surface area contributed by atoms with Crippen molar-refractivity contribution in [1.29, 1.82) is 0 Å². The van der Waals surface area contributed by atoms with E-state index in [4.69, 9.17) is 0 Å². The van der Waals surface area contributed by atoms with Gasteiger partial charge in [-0.1, -0.05) is 29.8 Å². The van der Waals surface area contributed by atoms with Crippen LogP contribution in [0.15, 0.2) is 24.3 Å². The minimum Gasteiger partial charge on any atom is -0.356 e. The van der Waals surface area contributed by atoms with E-state index in [0.29, 0.717) is 25.3 Å². The van der Waals surface area contributed by atoms with Crippen LogP contribution in [-0.2, 0) is 9.59 Å². The second-order valence-corrected chi connectivity index (χ2v) is 6.96. The molecule has 4 heteroatoms. The zero-order valence-corrected chi connectivity index (χ0v) is 13.8. The number of rotatable bonds is 8. The van der Waals surface area contributed by atoms with Crippen molar-refractivity contribution >= 4 is 11.8 Å². The van der Waals surface area contributed by atoms with E-state index in [1.54, 1.807) is 0 Å². The fourth-order valence-corrected chi connectivity index (χ4v) is 2.87. The second-order valence-electron chi connectivity index (χ2n) is 6.96. The second kappa shape index (κ2) is 7.16. The Morgan fingerprint density at radius 2 is 1.83 bits per heavy atom. The number of hydrogen-bond acceptors (Lipinski definition) is 2. The SMILES string of the molecule is Cc1ccc([C@@H](NC(=O)CCCNC(=O)C2CC2)C2CC2)cc1. The molecule has 3 rings (SSSR count). The molecule has 0 saturated heterocycles. The molecule has 124 valence electrons. The van der Waals surface area contributed by atoms with Crippen LogP contribution in [-0.4, -0.2) is 18.4 Å². The fraction of sp³-hybridized carbons (Fsp3) is 0.579. The van der Waals surface area contributed by atoms with Crippen molar-refractivity contribution in [2.75, 3.05) is 6.54 Å². The zero-order chi connectivity index (χ0) is 16.2. The monoisotopic (exact) mass is 314 g/mol. The highest BCUT2D eigenvalue weighted by atomic mass is 16.2. The first kappa shape index (κ1) is 16.0. The lowest BCUT2D eigenvalue weighted by Crippen LogP contribution is -2.31. The van der Waals surface area contributed by atoms with Gasteiger partial charge in [-0.3, -0.25) is 9.59 Å². The number of amides is 2. The molecule has 0 aromatic heterocycles. The third-order valence-corrected chi connectivity index (χ3v) is 4.67. The first-order valence-electron chi connectivity index (χ1n) is 8.77. The Bertz CT molecular complexity index is 559. The Morgan fingerprint density at radius 3 is 2.43 bits per heavy atom. The Labute approximate surface area is 138 Å². The van der Waals surface area contributed by atoms with Crippen molar-refractivity contribution < 1.29 is 9.59 Å². The predicted octanol–water partition coefficient (Wildman–Crippen LogP) is 2.87. The maximum Gasteiger partial charge on any atom is 0.223 e. The Morgan fingerprint density at radius 1 is 1.13 bits per heavy atom. The highest BCUT2D eigenvalue weighted by Gasteiger charge is 2.33. The van der Waals surface area contributed by atoms with Gasteiger partial charge in [0.1, 0.15) is 0 Å². The largest absolute Gasteiger partial charge is 0.356 e. The van der Waals surface area contributed by atoms with Crippen molar-refractivity contribution in [1.82, 2.24) is 10.6 Å². The Kier molecular flexibility index (Phi) is 4.99. The van der Waals surface area contributed by atoms with Crippen LogP contribution in [0.25, 0.3) is 0 Å². The molecule has 0 unspecified atom stereocenters. The normalized spacial score (nSPS) is 18.3. The first-order valence-corrected chi connectivity index (χ1v) is 8.77. The first-order chi connectivity index (χ1) is 11.1. The molecular formula is C19H26N2O2. The van der Waals surface area contributed by atoms with Crippen LogP contribution >= 0.6 is 0 Å². The number of aryl methyl sites for hydroxylation is 1. The predicted molar refractivity (Wildman–Crippen MR) is 89.8 cm³/mol. The van der Waals surface area contributed by atoms with Crippen LogP contribution in [0.2, 0.25) is 0 Å². The van der Waals surface area contributed by atoms with E-state index in [0.717, 1.165) is 12.8 Å². The summed E-state index contributed by atoms with van der Waals surface area (Å²) in [4.78, 5) is 23.7. The van der Waals surface area contributed by atoms with Crippen LogP contribution < -0.4 is 10.6 Å². The molecule has 0 aliphatic heterocycles. The highest BCUT2D eigenvalue weighted by Crippen LogP contribution is 2.41. The minimum atomic E-state index is 0.0862. The van der Waals surface area contributed by atoms with E-state index in [9.17, 15) is 9.59 Å². The summed E-state index contributed by atoms with van der Waals surface area (Å²) >= 11 is 0. The van der Waals surface area contributed by atoms with Crippen molar-refractivity contribution in [3.05, 3.63) is 35.4 Å². The van der Waals surface area contributed by atoms with Gasteiger partial charge < -0.3 is 10.6 Å². The summed E-state index contributed by atoms with van der Waals surface area (Å²) in [6, 6.07) is 8.58. The molecule has 0 radical (unpaired) electrons. The third-order valence-electron chi connectivity index (χ3n) is 4.67. The Balaban J connectivity index is 1.43. The number of carbonyl (C=O) groups excluding carboxylic acids is 2. The van der Waals surface area contributed by atoms with Gasteiger partial charge in [-0.05, 0) is 50.5 Å². The number of hydrogen-bond donors (Lipinski definition) is 2. The topological polar surface area (TPSA) is 58.2 Å². The molecule has 2 amide bonds. The zero-order valence-electron chi connectivity index (χ0n) is 13.8. The lowest BCUT2D eigenvalue weighted by molar-refractivity contribution is -0.124. The molecule has 1 atom stereocenters. The van der Waals surface area contributed by atoms with Crippen molar-refractivity contribution in [2.45, 2.75) is 51.5 Å². The fourth-order valence-electron chi connectivity index (χ4n) is 2.87. The van der Waals surface area contributed by atoms with E-state index in [-0.39, 0.29) is 23.8 Å². The highest BCUT2D eigenvalue weighted by molar-refractivity contribution is 5.81. The lowest BCUT2D eigenvalue weighted by Gasteiger charge is -2.19. The van der Waals surface area contributed by atoms with E-state index >= 15 is 0 Å². The summed E-state index contributed by atoms with van der Waals surface area (Å²) < 4.78 is 0. The quantitative estimate of drug-likeness (QED) is 0.725. The molecule has 2 aliphatic rings. The van der Waals surface area contributed by atoms with E-state index in [2.05, 4.69) is 41.8 Å². The van der Waals surface area contributed by atoms with Gasteiger partial charge >= 0.3 is 0 Å². The summed E-state index contributed by atoms with van der Waals surface area (Å²) in [5, 5.41) is 6.09. The van der Waals surface area contributed by atoms with Gasteiger partial charge in [-0.25, -0.2) is 0 Å². The molecule has 2 aliphatic carbocycles. The molecule has 4 nitrogen and oxygen atoms in total. The number of nitrogens with one attached hydrogen (secondary N) is 2. The van der Waals surface area contributed by atoms with Crippen molar-refractivity contribution in [3.8, 4) is 0 Å². The van der Waals surface area contributed by atoms with Gasteiger partial charge in [0.2, 0.25) is 11.8 Å². The number of carbonyl (C=O) groups is 2.